The van der Waals surface area contributed by atoms with Crippen molar-refractivity contribution in [2.24, 2.45) is 5.92 Å². The van der Waals surface area contributed by atoms with Crippen molar-refractivity contribution in [1.82, 2.24) is 9.21 Å². The van der Waals surface area contributed by atoms with E-state index in [9.17, 15) is 18.0 Å². The van der Waals surface area contributed by atoms with Gasteiger partial charge in [0.05, 0.1) is 10.8 Å². The molecule has 31 heavy (non-hydrogen) atoms. The summed E-state index contributed by atoms with van der Waals surface area (Å²) in [5, 5.41) is 0. The highest BCUT2D eigenvalue weighted by molar-refractivity contribution is 7.89. The molecule has 2 amide bonds. The van der Waals surface area contributed by atoms with Gasteiger partial charge < -0.3 is 14.5 Å². The summed E-state index contributed by atoms with van der Waals surface area (Å²) in [7, 11) is 1.06. The molecule has 0 bridgehead atoms. The molecule has 1 aliphatic rings. The monoisotopic (exact) mass is 445 g/mol. The number of sulfonamides is 1. The molecule has 2 aromatic rings. The fourth-order valence-corrected chi connectivity index (χ4v) is 4.29. The lowest BCUT2D eigenvalue weighted by Crippen LogP contribution is -2.36. The Morgan fingerprint density at radius 3 is 2.29 bits per heavy atom. The summed E-state index contributed by atoms with van der Waals surface area (Å²) in [6.07, 6.45) is 0.122. The van der Waals surface area contributed by atoms with Crippen LogP contribution >= 0.6 is 0 Å². The van der Waals surface area contributed by atoms with E-state index in [2.05, 4.69) is 0 Å². The molecule has 0 aliphatic carbocycles. The molecular formula is C22H27N3O5S. The van der Waals surface area contributed by atoms with Crippen molar-refractivity contribution in [2.75, 3.05) is 39.1 Å². The van der Waals surface area contributed by atoms with Crippen LogP contribution in [0.15, 0.2) is 59.5 Å². The van der Waals surface area contributed by atoms with Crippen molar-refractivity contribution in [3.05, 3.63) is 60.2 Å². The molecular weight excluding hydrogens is 418 g/mol. The van der Waals surface area contributed by atoms with Gasteiger partial charge in [0.25, 0.3) is 0 Å². The smallest absolute Gasteiger partial charge is 0.410 e. The lowest BCUT2D eigenvalue weighted by molar-refractivity contribution is -0.121. The summed E-state index contributed by atoms with van der Waals surface area (Å²) < 4.78 is 30.9. The van der Waals surface area contributed by atoms with E-state index < -0.39 is 16.1 Å². The molecule has 1 aliphatic heterocycles. The number of hydrogen-bond donors (Lipinski definition) is 0. The highest BCUT2D eigenvalue weighted by Gasteiger charge is 2.34. The number of nitrogens with zero attached hydrogens (tertiary/aromatic N) is 3. The molecule has 0 N–H and O–H groups in total. The van der Waals surface area contributed by atoms with Crippen molar-refractivity contribution >= 4 is 27.7 Å². The summed E-state index contributed by atoms with van der Waals surface area (Å²) in [5.74, 6) is -0.457. The molecule has 0 aromatic heterocycles. The fraction of sp³-hybridized carbons (Fsp3) is 0.364. The molecule has 8 nitrogen and oxygen atoms in total. The maximum absolute atomic E-state index is 12.9. The van der Waals surface area contributed by atoms with Crippen LogP contribution in [-0.4, -0.2) is 63.9 Å². The van der Waals surface area contributed by atoms with E-state index in [1.54, 1.807) is 24.1 Å². The highest BCUT2D eigenvalue weighted by atomic mass is 32.2. The molecule has 1 unspecified atom stereocenters. The minimum Gasteiger partial charge on any atom is -0.445 e. The van der Waals surface area contributed by atoms with Crippen LogP contribution in [0.4, 0.5) is 10.5 Å². The fourth-order valence-electron chi connectivity index (χ4n) is 3.39. The van der Waals surface area contributed by atoms with Gasteiger partial charge in [0.2, 0.25) is 15.9 Å². The molecule has 1 atom stereocenters. The lowest BCUT2D eigenvalue weighted by atomic mass is 10.1. The van der Waals surface area contributed by atoms with E-state index in [4.69, 9.17) is 4.74 Å². The van der Waals surface area contributed by atoms with Gasteiger partial charge in [-0.05, 0) is 36.2 Å². The summed E-state index contributed by atoms with van der Waals surface area (Å²) in [6.45, 7) is 0.943. The topological polar surface area (TPSA) is 87.2 Å². The second-order valence-corrected chi connectivity index (χ2v) is 9.80. The largest absolute Gasteiger partial charge is 0.445 e. The van der Waals surface area contributed by atoms with Crippen molar-refractivity contribution in [1.29, 1.82) is 0 Å². The Bertz CT molecular complexity index is 1020. The molecule has 166 valence electrons. The number of likely N-dealkylation sites (tertiary alicyclic amines) is 1. The molecule has 0 spiro atoms. The van der Waals surface area contributed by atoms with Crippen LogP contribution in [0.5, 0.6) is 0 Å². The molecule has 1 heterocycles. The highest BCUT2D eigenvalue weighted by Crippen LogP contribution is 2.24. The average Bonchev–Trinajstić information content (AvgIpc) is 3.27. The molecule has 0 saturated carbocycles. The average molecular weight is 446 g/mol. The molecule has 0 radical (unpaired) electrons. The number of carbonyl (C=O) groups excluding carboxylic acids is 2. The second kappa shape index (κ2) is 9.49. The third kappa shape index (κ3) is 5.23. The first kappa shape index (κ1) is 22.8. The van der Waals surface area contributed by atoms with E-state index in [1.165, 1.54) is 31.1 Å². The number of benzene rings is 2. The van der Waals surface area contributed by atoms with Crippen LogP contribution in [0.1, 0.15) is 12.0 Å². The van der Waals surface area contributed by atoms with E-state index in [1.807, 2.05) is 30.3 Å². The van der Waals surface area contributed by atoms with E-state index >= 15 is 0 Å². The predicted molar refractivity (Wildman–Crippen MR) is 117 cm³/mol. The van der Waals surface area contributed by atoms with Gasteiger partial charge in [-0.1, -0.05) is 30.3 Å². The van der Waals surface area contributed by atoms with Gasteiger partial charge >= 0.3 is 6.09 Å². The van der Waals surface area contributed by atoms with Gasteiger partial charge in [-0.15, -0.1) is 0 Å². The van der Waals surface area contributed by atoms with Gasteiger partial charge in [0, 0.05) is 39.9 Å². The minimum atomic E-state index is -3.53. The third-order valence-electron chi connectivity index (χ3n) is 5.33. The second-order valence-electron chi connectivity index (χ2n) is 7.65. The molecule has 3 rings (SSSR count). The first-order valence-electron chi connectivity index (χ1n) is 9.96. The van der Waals surface area contributed by atoms with E-state index in [-0.39, 0.29) is 23.3 Å². The first-order chi connectivity index (χ1) is 14.7. The number of rotatable bonds is 6. The summed E-state index contributed by atoms with van der Waals surface area (Å²) in [5.41, 5.74) is 1.50. The quantitative estimate of drug-likeness (QED) is 0.682. The zero-order chi connectivity index (χ0) is 22.6. The number of hydrogen-bond acceptors (Lipinski definition) is 5. The number of anilines is 1. The van der Waals surface area contributed by atoms with Crippen LogP contribution in [0.2, 0.25) is 0 Å². The van der Waals surface area contributed by atoms with E-state index in [0.717, 1.165) is 9.87 Å². The Labute approximate surface area is 183 Å². The maximum atomic E-state index is 12.9. The Balaban J connectivity index is 1.57. The van der Waals surface area contributed by atoms with Crippen LogP contribution in [0.25, 0.3) is 0 Å². The van der Waals surface area contributed by atoms with Crippen molar-refractivity contribution in [2.45, 2.75) is 17.9 Å². The van der Waals surface area contributed by atoms with Crippen molar-refractivity contribution < 1.29 is 22.7 Å². The Hall–Kier alpha value is -2.91. The molecule has 1 fully saturated rings. The Morgan fingerprint density at radius 1 is 1.03 bits per heavy atom. The molecule has 1 saturated heterocycles. The van der Waals surface area contributed by atoms with E-state index in [0.29, 0.717) is 25.2 Å². The Kier molecular flexibility index (Phi) is 6.97. The first-order valence-corrected chi connectivity index (χ1v) is 11.4. The summed E-state index contributed by atoms with van der Waals surface area (Å²) in [6, 6.07) is 15.6. The lowest BCUT2D eigenvalue weighted by Gasteiger charge is -2.22. The number of ether oxygens (including phenoxy) is 1. The third-order valence-corrected chi connectivity index (χ3v) is 7.16. The number of carbonyl (C=O) groups is 2. The van der Waals surface area contributed by atoms with Crippen molar-refractivity contribution in [3.63, 3.8) is 0 Å². The van der Waals surface area contributed by atoms with Crippen LogP contribution in [-0.2, 0) is 26.2 Å². The zero-order valence-electron chi connectivity index (χ0n) is 17.9. The SMILES string of the molecule is CN(C(=O)C1CCN(C(=O)OCc2ccccc2)C1)c1ccc(S(=O)(=O)N(C)C)cc1. The van der Waals surface area contributed by atoms with Gasteiger partial charge in [-0.2, -0.15) is 0 Å². The van der Waals surface area contributed by atoms with Gasteiger partial charge in [0.1, 0.15) is 6.61 Å². The van der Waals surface area contributed by atoms with Gasteiger partial charge in [-0.25, -0.2) is 17.5 Å². The van der Waals surface area contributed by atoms with Crippen LogP contribution in [0, 0.1) is 5.92 Å². The Morgan fingerprint density at radius 2 is 1.68 bits per heavy atom. The van der Waals surface area contributed by atoms with Gasteiger partial charge in [0.15, 0.2) is 0 Å². The summed E-state index contributed by atoms with van der Waals surface area (Å²) in [4.78, 5) is 28.4. The van der Waals surface area contributed by atoms with Crippen LogP contribution in [0.3, 0.4) is 0 Å². The van der Waals surface area contributed by atoms with Gasteiger partial charge in [-0.3, -0.25) is 4.79 Å². The van der Waals surface area contributed by atoms with Crippen LogP contribution < -0.4 is 4.90 Å². The standard InChI is InChI=1S/C22H27N3O5S/c1-23(2)31(28,29)20-11-9-19(10-12-20)24(3)21(26)18-13-14-25(15-18)22(27)30-16-17-7-5-4-6-8-17/h4-12,18H,13-16H2,1-3H3. The number of amides is 2. The summed E-state index contributed by atoms with van der Waals surface area (Å²) >= 11 is 0. The normalized spacial score (nSPS) is 16.4. The molecule has 2 aromatic carbocycles. The zero-order valence-corrected chi connectivity index (χ0v) is 18.7. The minimum absolute atomic E-state index is 0.124. The molecule has 9 heteroatoms. The maximum Gasteiger partial charge on any atom is 0.410 e. The predicted octanol–water partition coefficient (Wildman–Crippen LogP) is 2.56. The van der Waals surface area contributed by atoms with Crippen molar-refractivity contribution in [3.8, 4) is 0 Å².